The minimum Gasteiger partial charge on any atom is -0.340 e. The van der Waals surface area contributed by atoms with E-state index in [4.69, 9.17) is 4.52 Å². The van der Waals surface area contributed by atoms with Crippen LogP contribution in [0.3, 0.4) is 0 Å². The average Bonchev–Trinajstić information content (AvgIpc) is 3.04. The zero-order valence-electron chi connectivity index (χ0n) is 14.1. The van der Waals surface area contributed by atoms with Gasteiger partial charge in [0.2, 0.25) is 5.89 Å². The molecule has 0 radical (unpaired) electrons. The summed E-state index contributed by atoms with van der Waals surface area (Å²) in [6, 6.07) is 4.22. The van der Waals surface area contributed by atoms with Crippen LogP contribution in [0.4, 0.5) is 10.5 Å². The van der Waals surface area contributed by atoms with Gasteiger partial charge in [0.1, 0.15) is 0 Å². The summed E-state index contributed by atoms with van der Waals surface area (Å²) >= 11 is 0. The molecule has 0 spiro atoms. The molecule has 2 amide bonds. The van der Waals surface area contributed by atoms with E-state index in [1.807, 2.05) is 6.92 Å². The van der Waals surface area contributed by atoms with Crippen molar-refractivity contribution < 1.29 is 14.2 Å². The highest BCUT2D eigenvalue weighted by molar-refractivity contribution is 5.75. The van der Waals surface area contributed by atoms with E-state index < -0.39 is 4.92 Å². The van der Waals surface area contributed by atoms with E-state index in [9.17, 15) is 14.9 Å². The van der Waals surface area contributed by atoms with Crippen LogP contribution in [0.25, 0.3) is 0 Å². The molecule has 0 saturated carbocycles. The van der Waals surface area contributed by atoms with Gasteiger partial charge in [0.25, 0.3) is 5.69 Å². The number of aryl methyl sites for hydroxylation is 1. The first-order valence-corrected chi connectivity index (χ1v) is 8.09. The van der Waals surface area contributed by atoms with Gasteiger partial charge in [0, 0.05) is 32.1 Å². The molecule has 0 saturated heterocycles. The highest BCUT2D eigenvalue weighted by Crippen LogP contribution is 2.24. The molecule has 0 fully saturated rings. The van der Waals surface area contributed by atoms with E-state index in [1.54, 1.807) is 17.9 Å². The number of non-ortho nitro benzene ring substituents is 1. The number of nitro benzene ring substituents is 1. The second-order valence-electron chi connectivity index (χ2n) is 5.96. The molecule has 9 nitrogen and oxygen atoms in total. The smallest absolute Gasteiger partial charge is 0.318 e. The Morgan fingerprint density at radius 3 is 2.92 bits per heavy atom. The third kappa shape index (κ3) is 3.59. The van der Waals surface area contributed by atoms with Crippen LogP contribution >= 0.6 is 0 Å². The van der Waals surface area contributed by atoms with E-state index in [0.29, 0.717) is 37.6 Å². The summed E-state index contributed by atoms with van der Waals surface area (Å²) < 4.78 is 4.97. The summed E-state index contributed by atoms with van der Waals surface area (Å²) in [4.78, 5) is 28.9. The van der Waals surface area contributed by atoms with Crippen molar-refractivity contribution in [1.29, 1.82) is 0 Å². The first-order chi connectivity index (χ1) is 12.0. The minimum atomic E-state index is -0.426. The number of hydrogen-bond acceptors (Lipinski definition) is 6. The fourth-order valence-electron chi connectivity index (χ4n) is 2.88. The monoisotopic (exact) mass is 345 g/mol. The summed E-state index contributed by atoms with van der Waals surface area (Å²) in [5.74, 6) is 0.892. The molecule has 1 aliphatic heterocycles. The number of hydrogen-bond donors (Lipinski definition) is 1. The first kappa shape index (κ1) is 16.9. The molecule has 2 heterocycles. The number of carbonyl (C=O) groups is 1. The van der Waals surface area contributed by atoms with E-state index >= 15 is 0 Å². The number of nitro groups is 1. The SMILES string of the molecule is CCC(NC(=O)N1CCc2ccc([N+](=O)[O-])cc2C1)c1noc(C)n1. The Kier molecular flexibility index (Phi) is 4.64. The van der Waals surface area contributed by atoms with E-state index in [0.717, 1.165) is 11.1 Å². The summed E-state index contributed by atoms with van der Waals surface area (Å²) in [5.41, 5.74) is 1.88. The summed E-state index contributed by atoms with van der Waals surface area (Å²) in [6.45, 7) is 4.51. The molecule has 1 atom stereocenters. The Morgan fingerprint density at radius 1 is 1.48 bits per heavy atom. The van der Waals surface area contributed by atoms with Gasteiger partial charge in [-0.2, -0.15) is 4.98 Å². The lowest BCUT2D eigenvalue weighted by atomic mass is 9.99. The Morgan fingerprint density at radius 2 is 2.28 bits per heavy atom. The number of urea groups is 1. The van der Waals surface area contributed by atoms with Crippen LogP contribution in [0, 0.1) is 17.0 Å². The zero-order chi connectivity index (χ0) is 18.0. The molecule has 132 valence electrons. The van der Waals surface area contributed by atoms with E-state index in [1.165, 1.54) is 12.1 Å². The highest BCUT2D eigenvalue weighted by atomic mass is 16.6. The number of nitrogens with zero attached hydrogens (tertiary/aromatic N) is 4. The number of fused-ring (bicyclic) bond motifs is 1. The van der Waals surface area contributed by atoms with E-state index in [2.05, 4.69) is 15.5 Å². The minimum absolute atomic E-state index is 0.0368. The van der Waals surface area contributed by atoms with Crippen LogP contribution in [0.15, 0.2) is 22.7 Å². The third-order valence-corrected chi connectivity index (χ3v) is 4.26. The number of nitrogens with one attached hydrogen (secondary N) is 1. The van der Waals surface area contributed by atoms with Gasteiger partial charge in [0.15, 0.2) is 5.82 Å². The summed E-state index contributed by atoms with van der Waals surface area (Å²) in [7, 11) is 0. The second kappa shape index (κ2) is 6.88. The Balaban J connectivity index is 1.71. The molecule has 3 rings (SSSR count). The molecule has 0 bridgehead atoms. The molecule has 2 aromatic rings. The number of benzene rings is 1. The van der Waals surface area contributed by atoms with Crippen LogP contribution in [0.1, 0.15) is 42.2 Å². The van der Waals surface area contributed by atoms with Gasteiger partial charge in [-0.05, 0) is 24.0 Å². The fraction of sp³-hybridized carbons (Fsp3) is 0.438. The predicted octanol–water partition coefficient (Wildman–Crippen LogP) is 2.51. The fourth-order valence-corrected chi connectivity index (χ4v) is 2.88. The lowest BCUT2D eigenvalue weighted by molar-refractivity contribution is -0.385. The van der Waals surface area contributed by atoms with Crippen molar-refractivity contribution >= 4 is 11.7 Å². The van der Waals surface area contributed by atoms with Crippen molar-refractivity contribution in [2.75, 3.05) is 6.54 Å². The van der Waals surface area contributed by atoms with Crippen molar-refractivity contribution in [2.45, 2.75) is 39.3 Å². The number of carbonyl (C=O) groups excluding carboxylic acids is 1. The average molecular weight is 345 g/mol. The molecule has 1 aromatic carbocycles. The molecular formula is C16H19N5O4. The van der Waals surface area contributed by atoms with Crippen LogP contribution in [0.5, 0.6) is 0 Å². The largest absolute Gasteiger partial charge is 0.340 e. The topological polar surface area (TPSA) is 114 Å². The van der Waals surface area contributed by atoms with E-state index in [-0.39, 0.29) is 17.8 Å². The number of aromatic nitrogens is 2. The maximum atomic E-state index is 12.6. The van der Waals surface area contributed by atoms with Gasteiger partial charge in [0.05, 0.1) is 11.0 Å². The zero-order valence-corrected chi connectivity index (χ0v) is 14.1. The van der Waals surface area contributed by atoms with Crippen molar-refractivity contribution in [2.24, 2.45) is 0 Å². The Hall–Kier alpha value is -2.97. The lowest BCUT2D eigenvalue weighted by Gasteiger charge is -2.30. The van der Waals surface area contributed by atoms with Gasteiger partial charge in [-0.1, -0.05) is 18.1 Å². The number of rotatable bonds is 4. The molecule has 9 heteroatoms. The van der Waals surface area contributed by atoms with Gasteiger partial charge in [-0.15, -0.1) is 0 Å². The van der Waals surface area contributed by atoms with Gasteiger partial charge < -0.3 is 14.7 Å². The van der Waals surface area contributed by atoms with Gasteiger partial charge >= 0.3 is 6.03 Å². The maximum absolute atomic E-state index is 12.6. The molecule has 1 aromatic heterocycles. The molecule has 0 aliphatic carbocycles. The van der Waals surface area contributed by atoms with Crippen LogP contribution in [0.2, 0.25) is 0 Å². The van der Waals surface area contributed by atoms with Crippen molar-refractivity contribution in [3.05, 3.63) is 51.2 Å². The highest BCUT2D eigenvalue weighted by Gasteiger charge is 2.25. The molecule has 1 unspecified atom stereocenters. The maximum Gasteiger partial charge on any atom is 0.318 e. The van der Waals surface area contributed by atoms with Crippen molar-refractivity contribution in [1.82, 2.24) is 20.4 Å². The first-order valence-electron chi connectivity index (χ1n) is 8.09. The van der Waals surface area contributed by atoms with Gasteiger partial charge in [-0.25, -0.2) is 4.79 Å². The Labute approximate surface area is 144 Å². The quantitative estimate of drug-likeness (QED) is 0.672. The van der Waals surface area contributed by atoms with Crippen LogP contribution < -0.4 is 5.32 Å². The third-order valence-electron chi connectivity index (χ3n) is 4.26. The second-order valence-corrected chi connectivity index (χ2v) is 5.96. The lowest BCUT2D eigenvalue weighted by Crippen LogP contribution is -2.44. The normalized spacial score (nSPS) is 14.7. The summed E-state index contributed by atoms with van der Waals surface area (Å²) in [5, 5.41) is 17.7. The predicted molar refractivity (Wildman–Crippen MR) is 87.8 cm³/mol. The molecule has 1 N–H and O–H groups in total. The van der Waals surface area contributed by atoms with Gasteiger partial charge in [-0.3, -0.25) is 10.1 Å². The molecular weight excluding hydrogens is 326 g/mol. The standard InChI is InChI=1S/C16H19N5O4/c1-3-14(15-17-10(2)25-19-15)18-16(22)20-7-6-11-4-5-13(21(23)24)8-12(11)9-20/h4-5,8,14H,3,6-7,9H2,1-2H3,(H,18,22). The van der Waals surface area contributed by atoms with Crippen molar-refractivity contribution in [3.63, 3.8) is 0 Å². The van der Waals surface area contributed by atoms with Crippen LogP contribution in [-0.4, -0.2) is 32.5 Å². The molecule has 1 aliphatic rings. The number of amides is 2. The van der Waals surface area contributed by atoms with Crippen molar-refractivity contribution in [3.8, 4) is 0 Å². The molecule has 25 heavy (non-hydrogen) atoms. The van der Waals surface area contributed by atoms with Crippen LogP contribution in [-0.2, 0) is 13.0 Å². The summed E-state index contributed by atoms with van der Waals surface area (Å²) in [6.07, 6.45) is 1.29. The Bertz CT molecular complexity index is 804.